The van der Waals surface area contributed by atoms with Gasteiger partial charge in [-0.25, -0.2) is 17.7 Å². The second-order valence-corrected chi connectivity index (χ2v) is 10.5. The minimum atomic E-state index is -3.14. The fourth-order valence-electron chi connectivity index (χ4n) is 5.48. The first-order valence-electron chi connectivity index (χ1n) is 9.74. The van der Waals surface area contributed by atoms with E-state index in [0.29, 0.717) is 13.1 Å². The summed E-state index contributed by atoms with van der Waals surface area (Å²) in [5, 5.41) is 11.2. The lowest BCUT2D eigenvalue weighted by molar-refractivity contribution is -0.152. The zero-order valence-electron chi connectivity index (χ0n) is 15.5. The maximum absolute atomic E-state index is 12.1. The van der Waals surface area contributed by atoms with Crippen molar-refractivity contribution in [2.45, 2.75) is 38.3 Å². The molecule has 1 spiro atoms. The van der Waals surface area contributed by atoms with Gasteiger partial charge < -0.3 is 9.67 Å². The van der Waals surface area contributed by atoms with E-state index >= 15 is 0 Å². The molecule has 3 heterocycles. The summed E-state index contributed by atoms with van der Waals surface area (Å²) in [5.74, 6) is 0.295. The van der Waals surface area contributed by atoms with Crippen molar-refractivity contribution in [3.05, 3.63) is 42.4 Å². The quantitative estimate of drug-likeness (QED) is 0.877. The lowest BCUT2D eigenvalue weighted by Gasteiger charge is -2.57. The predicted molar refractivity (Wildman–Crippen MR) is 103 cm³/mol. The first-order chi connectivity index (χ1) is 13.0. The lowest BCUT2D eigenvalue weighted by atomic mass is 9.53. The maximum Gasteiger partial charge on any atom is 0.213 e. The van der Waals surface area contributed by atoms with E-state index in [4.69, 9.17) is 0 Å². The number of piperidine rings is 1. The van der Waals surface area contributed by atoms with Crippen molar-refractivity contribution in [1.29, 1.82) is 0 Å². The van der Waals surface area contributed by atoms with Gasteiger partial charge in [0.15, 0.2) is 0 Å². The minimum absolute atomic E-state index is 0.122. The molecule has 1 N–H and O–H groups in total. The first-order valence-corrected chi connectivity index (χ1v) is 11.3. The van der Waals surface area contributed by atoms with Gasteiger partial charge in [-0.3, -0.25) is 0 Å². The second-order valence-electron chi connectivity index (χ2n) is 8.19. The summed E-state index contributed by atoms with van der Waals surface area (Å²) >= 11 is 0. The molecule has 0 bridgehead atoms. The number of hydrogen-bond acceptors (Lipinski definition) is 4. The van der Waals surface area contributed by atoms with Gasteiger partial charge in [-0.1, -0.05) is 24.3 Å². The van der Waals surface area contributed by atoms with E-state index in [1.165, 1.54) is 11.1 Å². The number of fused-ring (bicyclic) bond motifs is 3. The third-order valence-corrected chi connectivity index (χ3v) is 8.96. The highest BCUT2D eigenvalue weighted by molar-refractivity contribution is 7.89. The highest BCUT2D eigenvalue weighted by Gasteiger charge is 2.58. The molecule has 1 aromatic heterocycles. The molecule has 0 unspecified atom stereocenters. The van der Waals surface area contributed by atoms with Crippen LogP contribution in [0, 0.1) is 11.3 Å². The van der Waals surface area contributed by atoms with E-state index in [0.717, 1.165) is 25.0 Å². The zero-order chi connectivity index (χ0) is 18.8. The fourth-order valence-corrected chi connectivity index (χ4v) is 6.59. The van der Waals surface area contributed by atoms with E-state index in [9.17, 15) is 13.5 Å². The van der Waals surface area contributed by atoms with Crippen LogP contribution >= 0.6 is 0 Å². The van der Waals surface area contributed by atoms with Crippen molar-refractivity contribution in [2.24, 2.45) is 11.3 Å². The average Bonchev–Trinajstić information content (AvgIpc) is 3.27. The SMILES string of the molecule is CCS(=O)(=O)N1CCC2(CC1)C[C@H]([C@@H]1c3ccccc3-c3cncn31)[C@@H]2O. The van der Waals surface area contributed by atoms with Crippen LogP contribution in [0.4, 0.5) is 0 Å². The summed E-state index contributed by atoms with van der Waals surface area (Å²) in [5.41, 5.74) is 3.45. The summed E-state index contributed by atoms with van der Waals surface area (Å²) in [6.07, 6.45) is 5.78. The van der Waals surface area contributed by atoms with Crippen molar-refractivity contribution in [2.75, 3.05) is 18.8 Å². The molecule has 1 saturated heterocycles. The van der Waals surface area contributed by atoms with Crippen LogP contribution in [-0.4, -0.2) is 52.3 Å². The largest absolute Gasteiger partial charge is 0.392 e. The molecule has 2 fully saturated rings. The third-order valence-electron chi connectivity index (χ3n) is 7.08. The van der Waals surface area contributed by atoms with Crippen LogP contribution in [0.1, 0.15) is 37.8 Å². The summed E-state index contributed by atoms with van der Waals surface area (Å²) in [7, 11) is -3.14. The molecule has 2 aromatic rings. The number of rotatable bonds is 3. The highest BCUT2D eigenvalue weighted by atomic mass is 32.2. The van der Waals surface area contributed by atoms with Gasteiger partial charge in [-0.2, -0.15) is 0 Å². The normalized spacial score (nSPS) is 29.3. The molecule has 1 aliphatic carbocycles. The topological polar surface area (TPSA) is 75.4 Å². The van der Waals surface area contributed by atoms with Crippen molar-refractivity contribution in [3.63, 3.8) is 0 Å². The molecule has 0 amide bonds. The third kappa shape index (κ3) is 2.38. The maximum atomic E-state index is 12.1. The summed E-state index contributed by atoms with van der Waals surface area (Å²) in [6.45, 7) is 2.74. The van der Waals surface area contributed by atoms with Crippen molar-refractivity contribution in [3.8, 4) is 11.3 Å². The van der Waals surface area contributed by atoms with E-state index in [1.54, 1.807) is 11.2 Å². The van der Waals surface area contributed by atoms with Gasteiger partial charge in [-0.15, -0.1) is 0 Å². The van der Waals surface area contributed by atoms with Crippen LogP contribution < -0.4 is 0 Å². The number of aliphatic hydroxyl groups is 1. The Labute approximate surface area is 159 Å². The lowest BCUT2D eigenvalue weighted by Crippen LogP contribution is -2.59. The van der Waals surface area contributed by atoms with Gasteiger partial charge in [0.05, 0.1) is 36.1 Å². The Kier molecular flexibility index (Phi) is 3.80. The summed E-state index contributed by atoms with van der Waals surface area (Å²) in [6, 6.07) is 8.50. The van der Waals surface area contributed by atoms with Crippen LogP contribution in [0.2, 0.25) is 0 Å². The van der Waals surface area contributed by atoms with Gasteiger partial charge in [0.1, 0.15) is 0 Å². The van der Waals surface area contributed by atoms with Crippen LogP contribution in [0.25, 0.3) is 11.3 Å². The zero-order valence-corrected chi connectivity index (χ0v) is 16.3. The van der Waals surface area contributed by atoms with E-state index < -0.39 is 16.1 Å². The van der Waals surface area contributed by atoms with Gasteiger partial charge >= 0.3 is 0 Å². The number of imidazole rings is 1. The first kappa shape index (κ1) is 17.4. The molecule has 1 aromatic carbocycles. The Balaban J connectivity index is 1.37. The molecule has 5 rings (SSSR count). The molecular weight excluding hydrogens is 362 g/mol. The minimum Gasteiger partial charge on any atom is -0.392 e. The van der Waals surface area contributed by atoms with Gasteiger partial charge in [-0.05, 0) is 37.2 Å². The molecule has 27 heavy (non-hydrogen) atoms. The van der Waals surface area contributed by atoms with Gasteiger partial charge in [0, 0.05) is 24.6 Å². The second kappa shape index (κ2) is 5.90. The van der Waals surface area contributed by atoms with Crippen molar-refractivity contribution >= 4 is 10.0 Å². The van der Waals surface area contributed by atoms with E-state index in [1.807, 2.05) is 18.6 Å². The molecule has 0 radical (unpaired) electrons. The Bertz CT molecular complexity index is 976. The Morgan fingerprint density at radius 1 is 1.26 bits per heavy atom. The monoisotopic (exact) mass is 387 g/mol. The van der Waals surface area contributed by atoms with Crippen LogP contribution in [0.15, 0.2) is 36.8 Å². The summed E-state index contributed by atoms with van der Waals surface area (Å²) < 4.78 is 28.0. The molecule has 144 valence electrons. The van der Waals surface area contributed by atoms with Crippen molar-refractivity contribution in [1.82, 2.24) is 13.9 Å². The number of hydrogen-bond donors (Lipinski definition) is 1. The fraction of sp³-hybridized carbons (Fsp3) is 0.550. The molecule has 1 saturated carbocycles. The smallest absolute Gasteiger partial charge is 0.213 e. The van der Waals surface area contributed by atoms with Gasteiger partial charge in [0.25, 0.3) is 0 Å². The van der Waals surface area contributed by atoms with Crippen LogP contribution in [0.5, 0.6) is 0 Å². The number of aliphatic hydroxyl groups excluding tert-OH is 1. The number of sulfonamides is 1. The van der Waals surface area contributed by atoms with Crippen molar-refractivity contribution < 1.29 is 13.5 Å². The summed E-state index contributed by atoms with van der Waals surface area (Å²) in [4.78, 5) is 4.32. The molecule has 6 nitrogen and oxygen atoms in total. The molecule has 3 atom stereocenters. The highest BCUT2D eigenvalue weighted by Crippen LogP contribution is 2.59. The molecule has 7 heteroatoms. The van der Waals surface area contributed by atoms with E-state index in [-0.39, 0.29) is 23.1 Å². The molecule has 2 aliphatic heterocycles. The van der Waals surface area contributed by atoms with Gasteiger partial charge in [0.2, 0.25) is 10.0 Å². The standard InChI is InChI=1S/C20H25N3O3S/c1-2-27(25,26)22-9-7-20(8-10-22)11-16(19(20)24)18-15-6-4-3-5-14(15)17-12-21-13-23(17)18/h3-6,12-13,16,18-19,24H,2,7-11H2,1H3/t16-,18+,19+/m1/s1. The molecule has 3 aliphatic rings. The Hall–Kier alpha value is -1.70. The Morgan fingerprint density at radius 2 is 2.00 bits per heavy atom. The Morgan fingerprint density at radius 3 is 2.70 bits per heavy atom. The van der Waals surface area contributed by atoms with E-state index in [2.05, 4.69) is 27.8 Å². The van der Waals surface area contributed by atoms with Crippen LogP contribution in [0.3, 0.4) is 0 Å². The number of nitrogens with zero attached hydrogens (tertiary/aromatic N) is 3. The number of aromatic nitrogens is 2. The molecular formula is C20H25N3O3S. The number of benzene rings is 1. The van der Waals surface area contributed by atoms with Crippen LogP contribution in [-0.2, 0) is 10.0 Å². The predicted octanol–water partition coefficient (Wildman–Crippen LogP) is 2.27. The average molecular weight is 388 g/mol.